The molecule has 1 nitrogen and oxygen atoms in total. The van der Waals surface area contributed by atoms with Crippen LogP contribution >= 0.6 is 11.8 Å². The number of rotatable bonds is 3. The summed E-state index contributed by atoms with van der Waals surface area (Å²) in [5.41, 5.74) is 1.34. The fourth-order valence-electron chi connectivity index (χ4n) is 3.39. The lowest BCUT2D eigenvalue weighted by Crippen LogP contribution is -2.26. The van der Waals surface area contributed by atoms with Crippen LogP contribution in [0.3, 0.4) is 0 Å². The molecule has 3 rings (SSSR count). The van der Waals surface area contributed by atoms with Crippen molar-refractivity contribution < 1.29 is 0 Å². The maximum Gasteiger partial charge on any atom is 0.0480 e. The van der Waals surface area contributed by atoms with E-state index >= 15 is 0 Å². The van der Waals surface area contributed by atoms with Crippen LogP contribution in [-0.4, -0.2) is 12.3 Å². The Morgan fingerprint density at radius 3 is 2.75 bits per heavy atom. The smallest absolute Gasteiger partial charge is 0.0480 e. The van der Waals surface area contributed by atoms with E-state index in [-0.39, 0.29) is 0 Å². The number of nitrogens with one attached hydrogen (secondary N) is 1. The Morgan fingerprint density at radius 1 is 1.19 bits per heavy atom. The predicted octanol–water partition coefficient (Wildman–Crippen LogP) is 4.01. The summed E-state index contributed by atoms with van der Waals surface area (Å²) in [5, 5.41) is 3.77. The van der Waals surface area contributed by atoms with Crippen molar-refractivity contribution in [3.8, 4) is 0 Å². The molecule has 3 unspecified atom stereocenters. The summed E-state index contributed by atoms with van der Waals surface area (Å²) >= 11 is 1.84. The van der Waals surface area contributed by atoms with Crippen molar-refractivity contribution in [2.75, 3.05) is 11.6 Å². The molecule has 0 heterocycles. The van der Waals surface area contributed by atoms with Gasteiger partial charge in [0, 0.05) is 16.6 Å². The average molecular weight is 233 g/mol. The van der Waals surface area contributed by atoms with Crippen LogP contribution in [0.15, 0.2) is 29.2 Å². The highest BCUT2D eigenvalue weighted by Crippen LogP contribution is 2.46. The molecule has 16 heavy (non-hydrogen) atoms. The second-order valence-corrected chi connectivity index (χ2v) is 5.97. The van der Waals surface area contributed by atoms with E-state index in [2.05, 4.69) is 35.8 Å². The summed E-state index contributed by atoms with van der Waals surface area (Å²) < 4.78 is 0. The SMILES string of the molecule is CSc1ccccc1NC1CC2CCC1C2. The molecule has 0 spiro atoms. The number of thioether (sulfide) groups is 1. The standard InChI is InChI=1S/C14H19NS/c1-16-14-5-3-2-4-12(14)15-13-9-10-6-7-11(13)8-10/h2-5,10-11,13,15H,6-9H2,1H3. The molecule has 2 bridgehead atoms. The van der Waals surface area contributed by atoms with Gasteiger partial charge in [0.15, 0.2) is 0 Å². The normalized spacial score (nSPS) is 31.9. The Hall–Kier alpha value is -0.630. The van der Waals surface area contributed by atoms with Gasteiger partial charge in [0.1, 0.15) is 0 Å². The molecular formula is C14H19NS. The number of anilines is 1. The van der Waals surface area contributed by atoms with Gasteiger partial charge in [-0.2, -0.15) is 0 Å². The zero-order valence-electron chi connectivity index (χ0n) is 9.78. The molecule has 1 aromatic carbocycles. The van der Waals surface area contributed by atoms with E-state index in [1.54, 1.807) is 0 Å². The van der Waals surface area contributed by atoms with Crippen molar-refractivity contribution in [1.82, 2.24) is 0 Å². The van der Waals surface area contributed by atoms with Gasteiger partial charge in [-0.25, -0.2) is 0 Å². The minimum atomic E-state index is 0.743. The quantitative estimate of drug-likeness (QED) is 0.792. The third-order valence-electron chi connectivity index (χ3n) is 4.19. The molecule has 0 radical (unpaired) electrons. The van der Waals surface area contributed by atoms with E-state index in [0.29, 0.717) is 0 Å². The van der Waals surface area contributed by atoms with E-state index < -0.39 is 0 Å². The lowest BCUT2D eigenvalue weighted by Gasteiger charge is -2.25. The van der Waals surface area contributed by atoms with Crippen molar-refractivity contribution in [3.63, 3.8) is 0 Å². The molecule has 0 amide bonds. The molecule has 2 heteroatoms. The molecule has 86 valence electrons. The second kappa shape index (κ2) is 4.33. The minimum Gasteiger partial charge on any atom is -0.381 e. The molecule has 0 aliphatic heterocycles. The Kier molecular flexibility index (Phi) is 2.84. The fourth-order valence-corrected chi connectivity index (χ4v) is 3.95. The van der Waals surface area contributed by atoms with Gasteiger partial charge in [-0.15, -0.1) is 11.8 Å². The molecule has 1 N–H and O–H groups in total. The van der Waals surface area contributed by atoms with E-state index in [9.17, 15) is 0 Å². The van der Waals surface area contributed by atoms with Crippen LogP contribution in [0.25, 0.3) is 0 Å². The lowest BCUT2D eigenvalue weighted by atomic mass is 9.95. The van der Waals surface area contributed by atoms with Crippen LogP contribution in [0.1, 0.15) is 25.7 Å². The third kappa shape index (κ3) is 1.84. The zero-order valence-corrected chi connectivity index (χ0v) is 10.6. The first-order chi connectivity index (χ1) is 7.86. The molecule has 2 fully saturated rings. The Morgan fingerprint density at radius 2 is 2.06 bits per heavy atom. The number of hydrogen-bond acceptors (Lipinski definition) is 2. The number of para-hydroxylation sites is 1. The van der Waals surface area contributed by atoms with E-state index in [0.717, 1.165) is 17.9 Å². The highest BCUT2D eigenvalue weighted by atomic mass is 32.2. The van der Waals surface area contributed by atoms with Crippen LogP contribution in [0.4, 0.5) is 5.69 Å². The van der Waals surface area contributed by atoms with Gasteiger partial charge in [-0.3, -0.25) is 0 Å². The maximum atomic E-state index is 3.77. The van der Waals surface area contributed by atoms with Crippen molar-refractivity contribution in [2.45, 2.75) is 36.6 Å². The molecule has 1 aromatic rings. The summed E-state index contributed by atoms with van der Waals surface area (Å²) in [5.74, 6) is 1.96. The van der Waals surface area contributed by atoms with Gasteiger partial charge in [-0.1, -0.05) is 18.6 Å². The number of hydrogen-bond donors (Lipinski definition) is 1. The van der Waals surface area contributed by atoms with Gasteiger partial charge in [-0.05, 0) is 49.5 Å². The van der Waals surface area contributed by atoms with Gasteiger partial charge < -0.3 is 5.32 Å². The van der Waals surface area contributed by atoms with Crippen molar-refractivity contribution >= 4 is 17.4 Å². The average Bonchev–Trinajstić information content (AvgIpc) is 2.92. The van der Waals surface area contributed by atoms with Gasteiger partial charge >= 0.3 is 0 Å². The Labute approximate surface area is 102 Å². The van der Waals surface area contributed by atoms with Crippen LogP contribution in [0.2, 0.25) is 0 Å². The number of fused-ring (bicyclic) bond motifs is 2. The molecule has 2 saturated carbocycles. The Bertz CT molecular complexity index is 377. The fraction of sp³-hybridized carbons (Fsp3) is 0.571. The van der Waals surface area contributed by atoms with Gasteiger partial charge in [0.05, 0.1) is 0 Å². The molecule has 2 aliphatic rings. The molecular weight excluding hydrogens is 214 g/mol. The molecule has 2 aliphatic carbocycles. The topological polar surface area (TPSA) is 12.0 Å². The van der Waals surface area contributed by atoms with E-state index in [1.165, 1.54) is 36.3 Å². The van der Waals surface area contributed by atoms with Crippen LogP contribution in [-0.2, 0) is 0 Å². The highest BCUT2D eigenvalue weighted by Gasteiger charge is 2.39. The van der Waals surface area contributed by atoms with Gasteiger partial charge in [0.2, 0.25) is 0 Å². The summed E-state index contributed by atoms with van der Waals surface area (Å²) in [6.45, 7) is 0. The van der Waals surface area contributed by atoms with Crippen molar-refractivity contribution in [2.24, 2.45) is 11.8 Å². The Balaban J connectivity index is 1.74. The second-order valence-electron chi connectivity index (χ2n) is 5.13. The predicted molar refractivity (Wildman–Crippen MR) is 71.1 cm³/mol. The summed E-state index contributed by atoms with van der Waals surface area (Å²) in [4.78, 5) is 1.38. The van der Waals surface area contributed by atoms with Crippen molar-refractivity contribution in [3.05, 3.63) is 24.3 Å². The van der Waals surface area contributed by atoms with Gasteiger partial charge in [0.25, 0.3) is 0 Å². The monoisotopic (exact) mass is 233 g/mol. The zero-order chi connectivity index (χ0) is 11.0. The maximum absolute atomic E-state index is 3.77. The molecule has 3 atom stereocenters. The van der Waals surface area contributed by atoms with Crippen LogP contribution < -0.4 is 5.32 Å². The molecule has 0 aromatic heterocycles. The lowest BCUT2D eigenvalue weighted by molar-refractivity contribution is 0.439. The van der Waals surface area contributed by atoms with Crippen molar-refractivity contribution in [1.29, 1.82) is 0 Å². The first kappa shape index (κ1) is 10.5. The minimum absolute atomic E-state index is 0.743. The first-order valence-corrected chi connectivity index (χ1v) is 7.49. The van der Waals surface area contributed by atoms with E-state index in [4.69, 9.17) is 0 Å². The summed E-state index contributed by atoms with van der Waals surface area (Å²) in [7, 11) is 0. The third-order valence-corrected chi connectivity index (χ3v) is 4.98. The largest absolute Gasteiger partial charge is 0.381 e. The van der Waals surface area contributed by atoms with E-state index in [1.807, 2.05) is 11.8 Å². The van der Waals surface area contributed by atoms with Crippen LogP contribution in [0, 0.1) is 11.8 Å². The molecule has 0 saturated heterocycles. The summed E-state index contributed by atoms with van der Waals surface area (Å²) in [6, 6.07) is 9.43. The number of benzene rings is 1. The highest BCUT2D eigenvalue weighted by molar-refractivity contribution is 7.98. The van der Waals surface area contributed by atoms with Crippen LogP contribution in [0.5, 0.6) is 0 Å². The summed E-state index contributed by atoms with van der Waals surface area (Å²) in [6.07, 6.45) is 7.95. The first-order valence-electron chi connectivity index (χ1n) is 6.26.